The predicted octanol–water partition coefficient (Wildman–Crippen LogP) is 0.884. The summed E-state index contributed by atoms with van der Waals surface area (Å²) in [6, 6.07) is -0.186. The Hall–Kier alpha value is -0.650. The Morgan fingerprint density at radius 1 is 1.27 bits per heavy atom. The molecule has 1 N–H and O–H groups in total. The second-order valence-corrected chi connectivity index (χ2v) is 3.21. The van der Waals surface area contributed by atoms with Crippen LogP contribution in [0.2, 0.25) is 0 Å². The van der Waals surface area contributed by atoms with Crippen LogP contribution < -0.4 is 5.32 Å². The molecule has 0 bridgehead atoms. The van der Waals surface area contributed by atoms with Crippen LogP contribution in [0.25, 0.3) is 0 Å². The van der Waals surface area contributed by atoms with Gasteiger partial charge >= 0.3 is 5.97 Å². The first-order valence-corrected chi connectivity index (χ1v) is 5.19. The Bertz CT molecular complexity index is 175. The number of methoxy groups -OCH3 is 1. The summed E-state index contributed by atoms with van der Waals surface area (Å²) in [7, 11) is 2.85. The van der Waals surface area contributed by atoms with E-state index in [1.165, 1.54) is 14.2 Å². The van der Waals surface area contributed by atoms with Gasteiger partial charge in [-0.1, -0.05) is 13.8 Å². The minimum atomic E-state index is -0.277. The highest BCUT2D eigenvalue weighted by Gasteiger charge is 2.20. The van der Waals surface area contributed by atoms with E-state index in [0.29, 0.717) is 13.0 Å². The second kappa shape index (κ2) is 8.64. The highest BCUT2D eigenvalue weighted by atomic mass is 17.2. The lowest BCUT2D eigenvalue weighted by molar-refractivity contribution is -0.276. The number of rotatable bonds is 8. The molecular weight excluding hydrogens is 198 g/mol. The summed E-state index contributed by atoms with van der Waals surface area (Å²) in [6.07, 6.45) is 1.55. The Balaban J connectivity index is 4.05. The van der Waals surface area contributed by atoms with Gasteiger partial charge in [-0.15, -0.1) is 0 Å². The molecule has 2 unspecified atom stereocenters. The average Bonchev–Trinajstić information content (AvgIpc) is 2.28. The average molecular weight is 219 g/mol. The molecule has 0 amide bonds. The summed E-state index contributed by atoms with van der Waals surface area (Å²) in [5, 5.41) is 3.16. The molecule has 0 radical (unpaired) electrons. The van der Waals surface area contributed by atoms with Crippen molar-refractivity contribution in [1.29, 1.82) is 0 Å². The second-order valence-electron chi connectivity index (χ2n) is 3.21. The van der Waals surface area contributed by atoms with Crippen LogP contribution >= 0.6 is 0 Å². The zero-order valence-corrected chi connectivity index (χ0v) is 9.91. The van der Waals surface area contributed by atoms with E-state index in [1.807, 2.05) is 13.8 Å². The molecule has 0 saturated heterocycles. The Morgan fingerprint density at radius 2 is 1.93 bits per heavy atom. The van der Waals surface area contributed by atoms with Gasteiger partial charge in [-0.3, -0.25) is 10.1 Å². The molecule has 2 atom stereocenters. The van der Waals surface area contributed by atoms with E-state index in [4.69, 9.17) is 4.89 Å². The smallest absolute Gasteiger partial charge is 0.322 e. The lowest BCUT2D eigenvalue weighted by Crippen LogP contribution is -2.45. The number of hydrogen-bond acceptors (Lipinski definition) is 5. The van der Waals surface area contributed by atoms with Crippen molar-refractivity contribution in [3.05, 3.63) is 0 Å². The minimum Gasteiger partial charge on any atom is -0.468 e. The van der Waals surface area contributed by atoms with Crippen LogP contribution in [0.3, 0.4) is 0 Å². The van der Waals surface area contributed by atoms with Crippen LogP contribution in [-0.2, 0) is 19.3 Å². The zero-order chi connectivity index (χ0) is 11.7. The maximum Gasteiger partial charge on any atom is 0.322 e. The third-order valence-electron chi connectivity index (χ3n) is 2.21. The number of hydrogen-bond donors (Lipinski definition) is 1. The van der Waals surface area contributed by atoms with Crippen molar-refractivity contribution in [1.82, 2.24) is 5.32 Å². The monoisotopic (exact) mass is 219 g/mol. The molecule has 0 heterocycles. The SMILES string of the molecule is CCC(COOC)NC(CC)C(=O)OC. The van der Waals surface area contributed by atoms with E-state index in [2.05, 4.69) is 14.9 Å². The van der Waals surface area contributed by atoms with Gasteiger partial charge in [-0.2, -0.15) is 0 Å². The molecule has 15 heavy (non-hydrogen) atoms. The molecule has 0 spiro atoms. The van der Waals surface area contributed by atoms with Crippen molar-refractivity contribution in [2.75, 3.05) is 20.8 Å². The molecule has 90 valence electrons. The van der Waals surface area contributed by atoms with Crippen LogP contribution in [-0.4, -0.2) is 38.9 Å². The minimum absolute atomic E-state index is 0.0917. The first kappa shape index (κ1) is 14.3. The number of nitrogens with one attached hydrogen (secondary N) is 1. The Kier molecular flexibility index (Phi) is 8.27. The molecule has 0 rings (SSSR count). The first-order valence-electron chi connectivity index (χ1n) is 5.19. The molecule has 0 aromatic carbocycles. The quantitative estimate of drug-likeness (QED) is 0.373. The van der Waals surface area contributed by atoms with Gasteiger partial charge < -0.3 is 4.74 Å². The summed E-state index contributed by atoms with van der Waals surface area (Å²) in [4.78, 5) is 20.7. The van der Waals surface area contributed by atoms with E-state index >= 15 is 0 Å². The summed E-state index contributed by atoms with van der Waals surface area (Å²) < 4.78 is 4.68. The number of ether oxygens (including phenoxy) is 1. The van der Waals surface area contributed by atoms with Crippen molar-refractivity contribution in [3.63, 3.8) is 0 Å². The standard InChI is InChI=1S/C10H21NO4/c1-5-8(7-15-14-4)11-9(6-2)10(12)13-3/h8-9,11H,5-7H2,1-4H3. The number of carbonyl (C=O) groups is 1. The largest absolute Gasteiger partial charge is 0.468 e. The van der Waals surface area contributed by atoms with Crippen LogP contribution in [0.15, 0.2) is 0 Å². The van der Waals surface area contributed by atoms with Gasteiger partial charge in [-0.05, 0) is 12.8 Å². The lowest BCUT2D eigenvalue weighted by Gasteiger charge is -2.21. The number of esters is 1. The Labute approximate surface area is 91.0 Å². The highest BCUT2D eigenvalue weighted by Crippen LogP contribution is 2.00. The third-order valence-corrected chi connectivity index (χ3v) is 2.21. The molecule has 0 aliphatic rings. The van der Waals surface area contributed by atoms with Crippen molar-refractivity contribution >= 4 is 5.97 Å². The van der Waals surface area contributed by atoms with Gasteiger partial charge in [0.15, 0.2) is 0 Å². The maximum atomic E-state index is 11.3. The molecule has 0 saturated carbocycles. The van der Waals surface area contributed by atoms with E-state index in [-0.39, 0.29) is 18.1 Å². The zero-order valence-electron chi connectivity index (χ0n) is 9.91. The fraction of sp³-hybridized carbons (Fsp3) is 0.900. The molecule has 0 aromatic rings. The van der Waals surface area contributed by atoms with Gasteiger partial charge in [-0.25, -0.2) is 9.78 Å². The van der Waals surface area contributed by atoms with E-state index in [9.17, 15) is 4.79 Å². The molecule has 5 nitrogen and oxygen atoms in total. The first-order chi connectivity index (χ1) is 7.19. The summed E-state index contributed by atoms with van der Waals surface area (Å²) in [5.74, 6) is -0.242. The van der Waals surface area contributed by atoms with Crippen molar-refractivity contribution in [2.45, 2.75) is 38.8 Å². The van der Waals surface area contributed by atoms with Gasteiger partial charge in [0.05, 0.1) is 20.8 Å². The molecule has 0 aromatic heterocycles. The highest BCUT2D eigenvalue weighted by molar-refractivity contribution is 5.75. The normalized spacial score (nSPS) is 14.7. The molecular formula is C10H21NO4. The van der Waals surface area contributed by atoms with Crippen LogP contribution in [0.1, 0.15) is 26.7 Å². The third kappa shape index (κ3) is 5.71. The number of carbonyl (C=O) groups excluding carboxylic acids is 1. The van der Waals surface area contributed by atoms with Gasteiger partial charge in [0, 0.05) is 6.04 Å². The van der Waals surface area contributed by atoms with Crippen molar-refractivity contribution < 1.29 is 19.3 Å². The van der Waals surface area contributed by atoms with Gasteiger partial charge in [0.25, 0.3) is 0 Å². The molecule has 0 aliphatic carbocycles. The fourth-order valence-corrected chi connectivity index (χ4v) is 1.21. The van der Waals surface area contributed by atoms with Crippen LogP contribution in [0, 0.1) is 0 Å². The van der Waals surface area contributed by atoms with Crippen molar-refractivity contribution in [2.24, 2.45) is 0 Å². The van der Waals surface area contributed by atoms with Crippen LogP contribution in [0.5, 0.6) is 0 Å². The van der Waals surface area contributed by atoms with Crippen LogP contribution in [0.4, 0.5) is 0 Å². The Morgan fingerprint density at radius 3 is 2.33 bits per heavy atom. The topological polar surface area (TPSA) is 56.8 Å². The lowest BCUT2D eigenvalue weighted by atomic mass is 10.1. The maximum absolute atomic E-state index is 11.3. The fourth-order valence-electron chi connectivity index (χ4n) is 1.21. The predicted molar refractivity (Wildman–Crippen MR) is 56.3 cm³/mol. The van der Waals surface area contributed by atoms with E-state index in [1.54, 1.807) is 0 Å². The van der Waals surface area contributed by atoms with E-state index < -0.39 is 0 Å². The summed E-state index contributed by atoms with van der Waals surface area (Å²) in [6.45, 7) is 4.36. The molecule has 0 fully saturated rings. The summed E-state index contributed by atoms with van der Waals surface area (Å²) >= 11 is 0. The molecule has 5 heteroatoms. The summed E-state index contributed by atoms with van der Waals surface area (Å²) in [5.41, 5.74) is 0. The van der Waals surface area contributed by atoms with Gasteiger partial charge in [0.2, 0.25) is 0 Å². The van der Waals surface area contributed by atoms with E-state index in [0.717, 1.165) is 6.42 Å². The van der Waals surface area contributed by atoms with Gasteiger partial charge in [0.1, 0.15) is 6.04 Å². The van der Waals surface area contributed by atoms with Crippen molar-refractivity contribution in [3.8, 4) is 0 Å². The molecule has 0 aliphatic heterocycles.